The molecule has 10 atom stereocenters. The lowest BCUT2D eigenvalue weighted by Crippen LogP contribution is -2.60. The number of carbonyl (C=O) groups is 2. The summed E-state index contributed by atoms with van der Waals surface area (Å²) in [6, 6.07) is 32.5. The number of hydrogen-bond acceptors (Lipinski definition) is 8. The van der Waals surface area contributed by atoms with Gasteiger partial charge >= 0.3 is 5.97 Å². The first-order valence-corrected chi connectivity index (χ1v) is 26.0. The second kappa shape index (κ2) is 24.9. The Balaban J connectivity index is 1.25. The first-order valence-electron chi connectivity index (χ1n) is 24.0. The first-order chi connectivity index (χ1) is 30.0. The summed E-state index contributed by atoms with van der Waals surface area (Å²) >= 11 is 0. The highest BCUT2D eigenvalue weighted by Crippen LogP contribution is 2.56. The molecule has 5 N–H and O–H groups in total. The molecule has 0 radical (unpaired) electrons. The molecule has 10 heteroatoms. The van der Waals surface area contributed by atoms with Crippen LogP contribution in [0.1, 0.15) is 138 Å². The van der Waals surface area contributed by atoms with Gasteiger partial charge in [0.15, 0.2) is 0 Å². The van der Waals surface area contributed by atoms with Gasteiger partial charge in [-0.3, -0.25) is 9.59 Å². The monoisotopic (exact) mass is 891 g/mol. The summed E-state index contributed by atoms with van der Waals surface area (Å²) in [5.41, 5.74) is -3.55. The molecule has 0 aromatic heterocycles. The molecule has 0 aliphatic carbocycles. The smallest absolute Gasteiger partial charge is 0.311 e. The minimum atomic E-state index is -1.91. The van der Waals surface area contributed by atoms with Gasteiger partial charge in [0.25, 0.3) is 0 Å². The lowest BCUT2D eigenvalue weighted by Gasteiger charge is -2.43. The molecule has 63 heavy (non-hydrogen) atoms. The molecule has 0 bridgehead atoms. The number of amides is 1. The molecule has 1 fully saturated rings. The summed E-state index contributed by atoms with van der Waals surface area (Å²) < 4.78 is 5.69. The van der Waals surface area contributed by atoms with Crippen LogP contribution in [0.3, 0.4) is 0 Å². The van der Waals surface area contributed by atoms with E-state index in [9.17, 15) is 35.1 Å². The Bertz CT molecular complexity index is 1680. The molecule has 1 heterocycles. The zero-order valence-electron chi connectivity index (χ0n) is 39.4. The van der Waals surface area contributed by atoms with Gasteiger partial charge in [-0.2, -0.15) is 0 Å². The Hall–Kier alpha value is -3.17. The van der Waals surface area contributed by atoms with E-state index in [0.29, 0.717) is 6.42 Å². The van der Waals surface area contributed by atoms with Gasteiger partial charge in [0.1, 0.15) is 41.0 Å². The molecule has 1 aliphatic heterocycles. The third-order valence-corrected chi connectivity index (χ3v) is 18.5. The van der Waals surface area contributed by atoms with Crippen molar-refractivity contribution in [1.29, 1.82) is 0 Å². The molecule has 350 valence electrons. The van der Waals surface area contributed by atoms with Gasteiger partial charge in [-0.25, -0.2) is 0 Å². The van der Waals surface area contributed by atoms with Crippen molar-refractivity contribution in [2.45, 2.75) is 180 Å². The summed E-state index contributed by atoms with van der Waals surface area (Å²) in [7, 11) is -1.78. The maximum absolute atomic E-state index is 13.9. The number of carbonyl (C=O) groups excluding carboxylic acids is 2. The third kappa shape index (κ3) is 13.9. The predicted molar refractivity (Wildman–Crippen MR) is 258 cm³/mol. The second-order valence-electron chi connectivity index (χ2n) is 19.2. The molecule has 4 rings (SSSR count). The summed E-state index contributed by atoms with van der Waals surface area (Å²) in [5, 5.41) is 61.3. The SMILES string of the molecule is CC[C@H]1OC(=O)[C@H](C)[C@@H](O)[C@H](C)[C@@H](O)[C@](C)(O)C[C@@H](C)CN(C(=O)CCCCCCCCCCCCC[P+](c2ccccc2)(c2ccccc2)c2ccccc2)[C@H](C)[C@@H](O)[C@]1(C)O. The van der Waals surface area contributed by atoms with E-state index in [1.165, 1.54) is 81.6 Å². The normalized spacial score (nSPS) is 29.1. The summed E-state index contributed by atoms with van der Waals surface area (Å²) in [6.45, 7) is 11.4. The molecular weight excluding hydrogens is 810 g/mol. The number of nitrogens with zero attached hydrogens (tertiary/aromatic N) is 1. The van der Waals surface area contributed by atoms with Crippen LogP contribution in [0.15, 0.2) is 91.0 Å². The average Bonchev–Trinajstić information content (AvgIpc) is 3.28. The van der Waals surface area contributed by atoms with Gasteiger partial charge in [-0.15, -0.1) is 0 Å². The van der Waals surface area contributed by atoms with Gasteiger partial charge in [0.2, 0.25) is 5.91 Å². The van der Waals surface area contributed by atoms with Crippen LogP contribution >= 0.6 is 7.26 Å². The standard InChI is InChI=1S/C53H81NO8P/c1-8-46-53(7,61)50(58)42(5)54(38-39(2)37-52(6,60)49(57)40(3)48(56)41(4)51(59)62-46)47(55)35-27-16-14-12-10-9-11-13-15-17-28-36-63(43-29-21-18-22-30-43,44-31-23-19-24-32-44)45-33-25-20-26-34-45/h18-26,29-34,39-42,46,48-50,56-58,60-61H,8-17,27-28,35-38H2,1-7H3/q+1/t39-,40+,41-,42-,46-,48+,49-,50-,52-,53-/m1/s1. The molecule has 9 nitrogen and oxygen atoms in total. The first kappa shape index (κ1) is 52.5. The van der Waals surface area contributed by atoms with Gasteiger partial charge in [-0.1, -0.05) is 127 Å². The maximum atomic E-state index is 13.9. The van der Waals surface area contributed by atoms with Crippen LogP contribution < -0.4 is 15.9 Å². The number of unbranched alkanes of at least 4 members (excludes halogenated alkanes) is 10. The van der Waals surface area contributed by atoms with Crippen molar-refractivity contribution in [3.63, 3.8) is 0 Å². The summed E-state index contributed by atoms with van der Waals surface area (Å²) in [5.74, 6) is -3.21. The second-order valence-corrected chi connectivity index (χ2v) is 22.8. The number of ether oxygens (including phenoxy) is 1. The molecule has 0 unspecified atom stereocenters. The van der Waals surface area contributed by atoms with Crippen molar-refractivity contribution >= 4 is 35.1 Å². The maximum Gasteiger partial charge on any atom is 0.311 e. The van der Waals surface area contributed by atoms with Crippen LogP contribution in [0.2, 0.25) is 0 Å². The molecule has 3 aromatic rings. The van der Waals surface area contributed by atoms with E-state index in [4.69, 9.17) is 4.74 Å². The van der Waals surface area contributed by atoms with Crippen LogP contribution in [-0.4, -0.2) is 96.7 Å². The zero-order valence-corrected chi connectivity index (χ0v) is 40.3. The van der Waals surface area contributed by atoms with Crippen LogP contribution in [0, 0.1) is 17.8 Å². The quantitative estimate of drug-likeness (QED) is 0.0490. The van der Waals surface area contributed by atoms with Gasteiger partial charge in [-0.05, 0) is 102 Å². The van der Waals surface area contributed by atoms with Crippen molar-refractivity contribution in [2.24, 2.45) is 17.8 Å². The minimum Gasteiger partial charge on any atom is -0.459 e. The zero-order chi connectivity index (χ0) is 46.2. The van der Waals surface area contributed by atoms with Crippen molar-refractivity contribution in [3.8, 4) is 0 Å². The fourth-order valence-electron chi connectivity index (χ4n) is 10.0. The topological polar surface area (TPSA) is 148 Å². The fraction of sp³-hybridized carbons (Fsp3) is 0.623. The Morgan fingerprint density at radius 2 is 1.11 bits per heavy atom. The number of benzene rings is 3. The van der Waals surface area contributed by atoms with E-state index in [0.717, 1.165) is 25.4 Å². The molecule has 0 saturated carbocycles. The number of hydrogen-bond donors (Lipinski definition) is 5. The Morgan fingerprint density at radius 3 is 1.56 bits per heavy atom. The van der Waals surface area contributed by atoms with Crippen molar-refractivity contribution in [2.75, 3.05) is 12.7 Å². The van der Waals surface area contributed by atoms with E-state index in [1.807, 2.05) is 6.92 Å². The summed E-state index contributed by atoms with van der Waals surface area (Å²) in [6.07, 6.45) is 8.70. The molecule has 3 aromatic carbocycles. The van der Waals surface area contributed by atoms with E-state index in [2.05, 4.69) is 91.0 Å². The highest BCUT2D eigenvalue weighted by molar-refractivity contribution is 7.95. The molecule has 1 saturated heterocycles. The van der Waals surface area contributed by atoms with Gasteiger partial charge < -0.3 is 35.2 Å². The molecule has 0 spiro atoms. The predicted octanol–water partition coefficient (Wildman–Crippen LogP) is 8.10. The van der Waals surface area contributed by atoms with Crippen molar-refractivity contribution in [1.82, 2.24) is 4.90 Å². The fourth-order valence-corrected chi connectivity index (χ4v) is 14.4. The Labute approximate surface area is 380 Å². The third-order valence-electron chi connectivity index (χ3n) is 14.0. The van der Waals surface area contributed by atoms with Crippen LogP contribution in [0.5, 0.6) is 0 Å². The minimum absolute atomic E-state index is 0.101. The van der Waals surface area contributed by atoms with Crippen LogP contribution in [0.25, 0.3) is 0 Å². The van der Waals surface area contributed by atoms with Gasteiger partial charge in [0, 0.05) is 18.9 Å². The van der Waals surface area contributed by atoms with E-state index in [1.54, 1.807) is 25.7 Å². The number of esters is 1. The average molecular weight is 891 g/mol. The lowest BCUT2D eigenvalue weighted by molar-refractivity contribution is -0.194. The van der Waals surface area contributed by atoms with E-state index >= 15 is 0 Å². The van der Waals surface area contributed by atoms with E-state index < -0.39 is 66.7 Å². The number of aliphatic hydroxyl groups is 5. The molecule has 1 amide bonds. The van der Waals surface area contributed by atoms with Crippen LogP contribution in [-0.2, 0) is 14.3 Å². The van der Waals surface area contributed by atoms with E-state index in [-0.39, 0.29) is 37.6 Å². The molecular formula is C53H81NO8P+. The lowest BCUT2D eigenvalue weighted by atomic mass is 9.78. The number of cyclic esters (lactones) is 1. The van der Waals surface area contributed by atoms with Crippen molar-refractivity contribution in [3.05, 3.63) is 91.0 Å². The van der Waals surface area contributed by atoms with Crippen LogP contribution in [0.4, 0.5) is 0 Å². The largest absolute Gasteiger partial charge is 0.459 e. The molecule has 1 aliphatic rings. The number of aliphatic hydroxyl groups excluding tert-OH is 3. The summed E-state index contributed by atoms with van der Waals surface area (Å²) in [4.78, 5) is 28.7. The Kier molecular flexibility index (Phi) is 20.8. The van der Waals surface area contributed by atoms with Crippen molar-refractivity contribution < 1.29 is 39.9 Å². The Morgan fingerprint density at radius 1 is 0.683 bits per heavy atom. The highest BCUT2D eigenvalue weighted by atomic mass is 31.2. The van der Waals surface area contributed by atoms with Gasteiger partial charge in [0.05, 0.1) is 35.9 Å². The number of rotatable bonds is 18. The highest BCUT2D eigenvalue weighted by Gasteiger charge is 2.48.